The number of alkyl halides is 2. The van der Waals surface area contributed by atoms with Crippen molar-refractivity contribution in [2.45, 2.75) is 26.0 Å². The Morgan fingerprint density at radius 1 is 0.966 bits per heavy atom. The van der Waals surface area contributed by atoms with Crippen LogP contribution in [0.2, 0.25) is 0 Å². The molecule has 3 amide bonds. The van der Waals surface area contributed by atoms with Gasteiger partial charge in [-0.15, -0.1) is 0 Å². The van der Waals surface area contributed by atoms with Gasteiger partial charge in [0.2, 0.25) is 5.91 Å². The van der Waals surface area contributed by atoms with E-state index in [-0.39, 0.29) is 30.7 Å². The number of amides is 3. The van der Waals surface area contributed by atoms with Crippen molar-refractivity contribution in [1.29, 1.82) is 0 Å². The average Bonchev–Trinajstić information content (AvgIpc) is 2.69. The highest BCUT2D eigenvalue weighted by Crippen LogP contribution is 2.15. The largest absolute Gasteiger partial charge is 0.435 e. The number of carbonyl (C=O) groups is 2. The molecule has 8 heteroatoms. The van der Waals surface area contributed by atoms with Gasteiger partial charge >= 0.3 is 12.6 Å². The molecule has 0 saturated heterocycles. The Labute approximate surface area is 168 Å². The third-order valence-electron chi connectivity index (χ3n) is 4.12. The van der Waals surface area contributed by atoms with E-state index in [1.54, 1.807) is 24.1 Å². The lowest BCUT2D eigenvalue weighted by Gasteiger charge is -2.18. The van der Waals surface area contributed by atoms with Crippen LogP contribution >= 0.6 is 0 Å². The Bertz CT molecular complexity index is 771. The monoisotopic (exact) mass is 405 g/mol. The summed E-state index contributed by atoms with van der Waals surface area (Å²) in [7, 11) is 1.69. The van der Waals surface area contributed by atoms with E-state index in [0.717, 1.165) is 11.1 Å². The maximum absolute atomic E-state index is 12.1. The highest BCUT2D eigenvalue weighted by molar-refractivity contribution is 5.78. The van der Waals surface area contributed by atoms with Gasteiger partial charge in [-0.2, -0.15) is 8.78 Å². The summed E-state index contributed by atoms with van der Waals surface area (Å²) in [4.78, 5) is 25.5. The smallest absolute Gasteiger partial charge is 0.387 e. The zero-order valence-corrected chi connectivity index (χ0v) is 16.2. The lowest BCUT2D eigenvalue weighted by molar-refractivity contribution is -0.120. The maximum Gasteiger partial charge on any atom is 0.387 e. The quantitative estimate of drug-likeness (QED) is 0.638. The van der Waals surface area contributed by atoms with E-state index in [9.17, 15) is 18.4 Å². The minimum absolute atomic E-state index is 0.0979. The molecular weight excluding hydrogens is 380 g/mol. The molecule has 0 aliphatic rings. The van der Waals surface area contributed by atoms with Crippen molar-refractivity contribution in [3.05, 3.63) is 65.7 Å². The third kappa shape index (κ3) is 8.59. The van der Waals surface area contributed by atoms with Gasteiger partial charge in [-0.1, -0.05) is 42.5 Å². The van der Waals surface area contributed by atoms with Gasteiger partial charge in [0.15, 0.2) is 0 Å². The van der Waals surface area contributed by atoms with Crippen molar-refractivity contribution in [2.24, 2.45) is 0 Å². The fraction of sp³-hybridized carbons (Fsp3) is 0.333. The Kier molecular flexibility index (Phi) is 8.88. The molecule has 0 unspecified atom stereocenters. The number of hydrogen-bond donors (Lipinski definition) is 2. The van der Waals surface area contributed by atoms with E-state index in [2.05, 4.69) is 15.4 Å². The highest BCUT2D eigenvalue weighted by atomic mass is 19.3. The molecule has 2 aromatic rings. The summed E-state index contributed by atoms with van der Waals surface area (Å²) in [6.07, 6.45) is 0.735. The molecule has 0 spiro atoms. The topological polar surface area (TPSA) is 70.7 Å². The molecule has 156 valence electrons. The molecule has 0 atom stereocenters. The lowest BCUT2D eigenvalue weighted by Crippen LogP contribution is -2.39. The normalized spacial score (nSPS) is 10.5. The predicted octanol–water partition coefficient (Wildman–Crippen LogP) is 3.18. The Morgan fingerprint density at radius 2 is 1.66 bits per heavy atom. The summed E-state index contributed by atoms with van der Waals surface area (Å²) >= 11 is 0. The van der Waals surface area contributed by atoms with E-state index in [1.165, 1.54) is 12.1 Å². The molecule has 29 heavy (non-hydrogen) atoms. The van der Waals surface area contributed by atoms with Crippen LogP contribution in [0.4, 0.5) is 13.6 Å². The molecule has 0 aliphatic carbocycles. The van der Waals surface area contributed by atoms with Crippen LogP contribution in [0.15, 0.2) is 54.6 Å². The van der Waals surface area contributed by atoms with Gasteiger partial charge in [0.05, 0.1) is 0 Å². The molecule has 0 aromatic heterocycles. The first-order chi connectivity index (χ1) is 13.9. The summed E-state index contributed by atoms with van der Waals surface area (Å²) in [5.74, 6) is -0.0746. The molecule has 0 heterocycles. The van der Waals surface area contributed by atoms with Gasteiger partial charge in [-0.05, 0) is 29.7 Å². The van der Waals surface area contributed by atoms with Gasteiger partial charge < -0.3 is 20.3 Å². The van der Waals surface area contributed by atoms with Gasteiger partial charge in [0, 0.05) is 33.1 Å². The van der Waals surface area contributed by atoms with Crippen molar-refractivity contribution in [1.82, 2.24) is 15.5 Å². The summed E-state index contributed by atoms with van der Waals surface area (Å²) in [6, 6.07) is 15.7. The Balaban J connectivity index is 1.60. The zero-order chi connectivity index (χ0) is 21.1. The lowest BCUT2D eigenvalue weighted by atomic mass is 10.1. The highest BCUT2D eigenvalue weighted by Gasteiger charge is 2.09. The summed E-state index contributed by atoms with van der Waals surface area (Å²) in [5, 5.41) is 5.48. The number of nitrogens with one attached hydrogen (secondary N) is 2. The van der Waals surface area contributed by atoms with Crippen LogP contribution in [0.3, 0.4) is 0 Å². The van der Waals surface area contributed by atoms with E-state index in [0.29, 0.717) is 19.5 Å². The molecule has 6 nitrogen and oxygen atoms in total. The minimum Gasteiger partial charge on any atom is -0.435 e. The van der Waals surface area contributed by atoms with Gasteiger partial charge in [-0.25, -0.2) is 4.79 Å². The first-order valence-electron chi connectivity index (χ1n) is 9.27. The average molecular weight is 405 g/mol. The molecular formula is C21H25F2N3O3. The van der Waals surface area contributed by atoms with Crippen molar-refractivity contribution >= 4 is 11.9 Å². The van der Waals surface area contributed by atoms with Gasteiger partial charge in [0.25, 0.3) is 0 Å². The number of halogens is 2. The van der Waals surface area contributed by atoms with Crippen LogP contribution in [-0.2, 0) is 17.8 Å². The summed E-state index contributed by atoms with van der Waals surface area (Å²) in [5.41, 5.74) is 1.92. The Hall–Kier alpha value is -3.16. The first-order valence-corrected chi connectivity index (χ1v) is 9.27. The van der Waals surface area contributed by atoms with Crippen LogP contribution in [0.5, 0.6) is 5.75 Å². The second kappa shape index (κ2) is 11.6. The fourth-order valence-electron chi connectivity index (χ4n) is 2.62. The Morgan fingerprint density at radius 3 is 2.31 bits per heavy atom. The third-order valence-corrected chi connectivity index (χ3v) is 4.12. The van der Waals surface area contributed by atoms with Crippen LogP contribution in [0, 0.1) is 0 Å². The first kappa shape index (κ1) is 22.1. The van der Waals surface area contributed by atoms with E-state index >= 15 is 0 Å². The standard InChI is InChI=1S/C21H25F2N3O3/c1-26(15-17-5-3-2-4-6-17)21(28)25-14-12-19(27)24-13-11-16-7-9-18(10-8-16)29-20(22)23/h2-10,20H,11-15H2,1H3,(H,24,27)(H,25,28). The second-order valence-corrected chi connectivity index (χ2v) is 6.45. The number of hydrogen-bond acceptors (Lipinski definition) is 3. The van der Waals surface area contributed by atoms with Crippen LogP contribution < -0.4 is 15.4 Å². The zero-order valence-electron chi connectivity index (χ0n) is 16.2. The molecule has 0 bridgehead atoms. The SMILES string of the molecule is CN(Cc1ccccc1)C(=O)NCCC(=O)NCCc1ccc(OC(F)F)cc1. The maximum atomic E-state index is 12.1. The molecule has 2 rings (SSSR count). The molecule has 0 aliphatic heterocycles. The number of benzene rings is 2. The van der Waals surface area contributed by atoms with Crippen molar-refractivity contribution in [2.75, 3.05) is 20.1 Å². The second-order valence-electron chi connectivity index (χ2n) is 6.45. The van der Waals surface area contributed by atoms with Crippen LogP contribution in [0.1, 0.15) is 17.5 Å². The number of urea groups is 1. The van der Waals surface area contributed by atoms with E-state index in [1.807, 2.05) is 30.3 Å². The van der Waals surface area contributed by atoms with Crippen molar-refractivity contribution < 1.29 is 23.1 Å². The molecule has 2 N–H and O–H groups in total. The van der Waals surface area contributed by atoms with Crippen LogP contribution in [-0.4, -0.2) is 43.6 Å². The molecule has 0 fully saturated rings. The van der Waals surface area contributed by atoms with Crippen LogP contribution in [0.25, 0.3) is 0 Å². The molecule has 0 radical (unpaired) electrons. The number of nitrogens with zero attached hydrogens (tertiary/aromatic N) is 1. The fourth-order valence-corrected chi connectivity index (χ4v) is 2.62. The van der Waals surface area contributed by atoms with Gasteiger partial charge in [0.1, 0.15) is 5.75 Å². The van der Waals surface area contributed by atoms with Gasteiger partial charge in [-0.3, -0.25) is 4.79 Å². The van der Waals surface area contributed by atoms with E-state index < -0.39 is 6.61 Å². The summed E-state index contributed by atoms with van der Waals surface area (Å²) in [6.45, 7) is -1.71. The predicted molar refractivity (Wildman–Crippen MR) is 106 cm³/mol. The molecule has 0 saturated carbocycles. The number of ether oxygens (including phenoxy) is 1. The minimum atomic E-state index is -2.85. The number of rotatable bonds is 10. The van der Waals surface area contributed by atoms with Crippen molar-refractivity contribution in [3.8, 4) is 5.75 Å². The van der Waals surface area contributed by atoms with Crippen molar-refractivity contribution in [3.63, 3.8) is 0 Å². The van der Waals surface area contributed by atoms with E-state index in [4.69, 9.17) is 0 Å². The summed E-state index contributed by atoms with van der Waals surface area (Å²) < 4.78 is 28.5. The number of carbonyl (C=O) groups excluding carboxylic acids is 2. The molecule has 2 aromatic carbocycles.